The number of nitrogens with one attached hydrogen (secondary N) is 2. The maximum atomic E-state index is 12.9. The molecule has 0 unspecified atom stereocenters. The number of nitrogens with zero attached hydrogens (tertiary/aromatic N) is 1. The van der Waals surface area contributed by atoms with Gasteiger partial charge in [0.2, 0.25) is 0 Å². The minimum absolute atomic E-state index is 0. The normalized spacial score (nSPS) is 13.2. The van der Waals surface area contributed by atoms with E-state index in [1.54, 1.807) is 0 Å². The number of likely N-dealkylation sites (tertiary alicyclic amines) is 1. The summed E-state index contributed by atoms with van der Waals surface area (Å²) in [7, 11) is 0. The van der Waals surface area contributed by atoms with Crippen LogP contribution in [-0.2, 0) is 6.54 Å². The van der Waals surface area contributed by atoms with Gasteiger partial charge in [-0.05, 0) is 49.2 Å². The zero-order valence-corrected chi connectivity index (χ0v) is 18.1. The van der Waals surface area contributed by atoms with Crippen LogP contribution in [0.1, 0.15) is 44.7 Å². The summed E-state index contributed by atoms with van der Waals surface area (Å²) < 4.78 is 42.7. The third kappa shape index (κ3) is 6.51. The fourth-order valence-electron chi connectivity index (χ4n) is 3.31. The smallest absolute Gasteiger partial charge is 0.508 e. The first-order valence-electron chi connectivity index (χ1n) is 9.68. The van der Waals surface area contributed by atoms with Gasteiger partial charge in [-0.1, -0.05) is 0 Å². The second-order valence-electron chi connectivity index (χ2n) is 7.20. The number of nitrogen functional groups attached to an aromatic ring is 1. The molecule has 2 aromatic rings. The minimum Gasteiger partial charge on any atom is -0.508 e. The molecule has 1 aliphatic heterocycles. The predicted molar refractivity (Wildman–Crippen MR) is 116 cm³/mol. The fourth-order valence-corrected chi connectivity index (χ4v) is 3.31. The molecule has 0 spiro atoms. The lowest BCUT2D eigenvalue weighted by atomic mass is 10.1. The van der Waals surface area contributed by atoms with Crippen LogP contribution < -0.4 is 15.8 Å². The van der Waals surface area contributed by atoms with Gasteiger partial charge in [-0.15, -0.1) is 25.6 Å². The molecule has 1 aliphatic rings. The number of carbonyl (C=O) groups excluding carboxylic acids is 2. The Morgan fingerprint density at radius 1 is 1.12 bits per heavy atom. The maximum absolute atomic E-state index is 12.9. The Bertz CT molecular complexity index is 1060. The van der Waals surface area contributed by atoms with Gasteiger partial charge in [-0.2, -0.15) is 0 Å². The van der Waals surface area contributed by atoms with E-state index in [0.717, 1.165) is 25.0 Å². The number of aromatic hydroxyl groups is 1. The molecule has 33 heavy (non-hydrogen) atoms. The Kier molecular flexibility index (Phi) is 8.15. The SMILES string of the molecule is Cl.N=C(N)c1ccc(O)c(CNC(=O)c2ccc(C(=O)N3CCCC3)c(OC(F)(F)F)c2)c1. The monoisotopic (exact) mass is 486 g/mol. The van der Waals surface area contributed by atoms with Crippen LogP contribution in [0.4, 0.5) is 13.2 Å². The van der Waals surface area contributed by atoms with Crippen LogP contribution in [0, 0.1) is 5.41 Å². The molecular formula is C21H22ClF3N4O4. The third-order valence-electron chi connectivity index (χ3n) is 4.92. The summed E-state index contributed by atoms with van der Waals surface area (Å²) in [5, 5.41) is 19.8. The fraction of sp³-hybridized carbons (Fsp3) is 0.286. The molecule has 0 saturated carbocycles. The summed E-state index contributed by atoms with van der Waals surface area (Å²) in [6.07, 6.45) is -3.52. The number of benzene rings is 2. The van der Waals surface area contributed by atoms with Crippen molar-refractivity contribution < 1.29 is 32.6 Å². The first kappa shape index (κ1) is 25.8. The van der Waals surface area contributed by atoms with Crippen molar-refractivity contribution in [3.63, 3.8) is 0 Å². The van der Waals surface area contributed by atoms with Crippen LogP contribution in [0.5, 0.6) is 11.5 Å². The van der Waals surface area contributed by atoms with Gasteiger partial charge < -0.3 is 25.8 Å². The molecule has 3 rings (SSSR count). The van der Waals surface area contributed by atoms with Gasteiger partial charge in [0.05, 0.1) is 5.56 Å². The van der Waals surface area contributed by atoms with Crippen LogP contribution >= 0.6 is 12.4 Å². The molecule has 2 amide bonds. The van der Waals surface area contributed by atoms with Crippen LogP contribution in [0.25, 0.3) is 0 Å². The number of carbonyl (C=O) groups is 2. The molecule has 1 heterocycles. The molecular weight excluding hydrogens is 465 g/mol. The van der Waals surface area contributed by atoms with Crippen LogP contribution in [-0.4, -0.2) is 47.1 Å². The summed E-state index contributed by atoms with van der Waals surface area (Å²) in [6, 6.07) is 7.37. The van der Waals surface area contributed by atoms with Crippen molar-refractivity contribution in [1.82, 2.24) is 10.2 Å². The Labute approximate surface area is 193 Å². The van der Waals surface area contributed by atoms with Crippen molar-refractivity contribution in [1.29, 1.82) is 5.41 Å². The van der Waals surface area contributed by atoms with Gasteiger partial charge in [-0.25, -0.2) is 0 Å². The number of hydrogen-bond acceptors (Lipinski definition) is 5. The van der Waals surface area contributed by atoms with Crippen molar-refractivity contribution >= 4 is 30.1 Å². The Morgan fingerprint density at radius 3 is 2.36 bits per heavy atom. The standard InChI is InChI=1S/C21H21F3N4O4.ClH/c22-21(23,24)32-17-10-13(3-5-15(17)20(31)28-7-1-2-8-28)19(30)27-11-14-9-12(18(25)26)4-6-16(14)29;/h3-6,9-10,29H,1-2,7-8,11H2,(H3,25,26)(H,27,30);1H. The van der Waals surface area contributed by atoms with Gasteiger partial charge in [0.15, 0.2) is 0 Å². The van der Waals surface area contributed by atoms with E-state index in [-0.39, 0.29) is 47.2 Å². The van der Waals surface area contributed by atoms with Crippen LogP contribution in [0.2, 0.25) is 0 Å². The molecule has 8 nitrogen and oxygen atoms in total. The lowest BCUT2D eigenvalue weighted by Gasteiger charge is -2.19. The second kappa shape index (κ2) is 10.4. The Hall–Kier alpha value is -3.47. The molecule has 5 N–H and O–H groups in total. The number of rotatable bonds is 6. The number of phenols is 1. The third-order valence-corrected chi connectivity index (χ3v) is 4.92. The van der Waals surface area contributed by atoms with Gasteiger partial charge in [-0.3, -0.25) is 15.0 Å². The van der Waals surface area contributed by atoms with E-state index in [2.05, 4.69) is 10.1 Å². The van der Waals surface area contributed by atoms with E-state index >= 15 is 0 Å². The first-order valence-corrected chi connectivity index (χ1v) is 9.68. The number of phenolic OH excluding ortho intramolecular Hbond substituents is 1. The number of amidine groups is 1. The highest BCUT2D eigenvalue weighted by Gasteiger charge is 2.34. The number of ether oxygens (including phenoxy) is 1. The number of halogens is 4. The molecule has 0 bridgehead atoms. The first-order chi connectivity index (χ1) is 15.0. The molecule has 2 aromatic carbocycles. The topological polar surface area (TPSA) is 129 Å². The highest BCUT2D eigenvalue weighted by molar-refractivity contribution is 6.00. The maximum Gasteiger partial charge on any atom is 0.573 e. The molecule has 1 fully saturated rings. The van der Waals surface area contributed by atoms with Crippen molar-refractivity contribution in [2.45, 2.75) is 25.7 Å². The summed E-state index contributed by atoms with van der Waals surface area (Å²) in [4.78, 5) is 26.5. The number of hydrogen-bond donors (Lipinski definition) is 4. The zero-order valence-electron chi connectivity index (χ0n) is 17.2. The largest absolute Gasteiger partial charge is 0.573 e. The average Bonchev–Trinajstić information content (AvgIpc) is 3.26. The lowest BCUT2D eigenvalue weighted by molar-refractivity contribution is -0.274. The van der Waals surface area contributed by atoms with Gasteiger partial charge in [0, 0.05) is 36.3 Å². The highest BCUT2D eigenvalue weighted by Crippen LogP contribution is 2.29. The number of amides is 2. The lowest BCUT2D eigenvalue weighted by Crippen LogP contribution is -2.29. The van der Waals surface area contributed by atoms with E-state index in [0.29, 0.717) is 18.7 Å². The quantitative estimate of drug-likeness (QED) is 0.368. The molecule has 0 aromatic heterocycles. The summed E-state index contributed by atoms with van der Waals surface area (Å²) in [6.45, 7) is 0.709. The highest BCUT2D eigenvalue weighted by atomic mass is 35.5. The van der Waals surface area contributed by atoms with Crippen molar-refractivity contribution in [3.8, 4) is 11.5 Å². The summed E-state index contributed by atoms with van der Waals surface area (Å²) >= 11 is 0. The van der Waals surface area contributed by atoms with Crippen molar-refractivity contribution in [2.24, 2.45) is 5.73 Å². The molecule has 0 aliphatic carbocycles. The van der Waals surface area contributed by atoms with E-state index in [1.165, 1.54) is 29.2 Å². The van der Waals surface area contributed by atoms with Gasteiger partial charge >= 0.3 is 6.36 Å². The number of nitrogens with two attached hydrogens (primary N) is 1. The van der Waals surface area contributed by atoms with E-state index in [9.17, 15) is 27.9 Å². The average molecular weight is 487 g/mol. The molecule has 0 radical (unpaired) electrons. The summed E-state index contributed by atoms with van der Waals surface area (Å²) in [5.74, 6) is -2.49. The zero-order chi connectivity index (χ0) is 23.5. The second-order valence-corrected chi connectivity index (χ2v) is 7.20. The van der Waals surface area contributed by atoms with Crippen molar-refractivity contribution in [2.75, 3.05) is 13.1 Å². The van der Waals surface area contributed by atoms with E-state index in [4.69, 9.17) is 11.1 Å². The Balaban J connectivity index is 0.00000385. The van der Waals surface area contributed by atoms with Gasteiger partial charge in [0.1, 0.15) is 17.3 Å². The van der Waals surface area contributed by atoms with E-state index in [1.807, 2.05) is 0 Å². The Morgan fingerprint density at radius 2 is 1.76 bits per heavy atom. The summed E-state index contributed by atoms with van der Waals surface area (Å²) in [5.41, 5.74) is 5.55. The molecule has 1 saturated heterocycles. The minimum atomic E-state index is -5.05. The molecule has 178 valence electrons. The molecule has 0 atom stereocenters. The van der Waals surface area contributed by atoms with E-state index < -0.39 is 23.9 Å². The van der Waals surface area contributed by atoms with Crippen LogP contribution in [0.3, 0.4) is 0 Å². The molecule has 12 heteroatoms. The van der Waals surface area contributed by atoms with Gasteiger partial charge in [0.25, 0.3) is 11.8 Å². The predicted octanol–water partition coefficient (Wildman–Crippen LogP) is 3.16. The van der Waals surface area contributed by atoms with Crippen molar-refractivity contribution in [3.05, 3.63) is 58.7 Å². The van der Waals surface area contributed by atoms with Crippen LogP contribution in [0.15, 0.2) is 36.4 Å². The number of alkyl halides is 3.